The van der Waals surface area contributed by atoms with Gasteiger partial charge in [0, 0.05) is 11.9 Å². The molecule has 2 aromatic carbocycles. The Morgan fingerprint density at radius 2 is 1.61 bits per heavy atom. The summed E-state index contributed by atoms with van der Waals surface area (Å²) in [6, 6.07) is 17.2. The Labute approximate surface area is 166 Å². The van der Waals surface area contributed by atoms with Gasteiger partial charge in [-0.3, -0.25) is 4.98 Å². The van der Waals surface area contributed by atoms with E-state index in [1.54, 1.807) is 12.1 Å². The molecule has 0 saturated heterocycles. The number of aromatic nitrogens is 1. The van der Waals surface area contributed by atoms with Gasteiger partial charge in [-0.1, -0.05) is 36.4 Å². The Balaban J connectivity index is 1.82. The van der Waals surface area contributed by atoms with Crippen molar-refractivity contribution >= 4 is 9.84 Å². The molecule has 146 valence electrons. The van der Waals surface area contributed by atoms with E-state index in [0.29, 0.717) is 0 Å². The van der Waals surface area contributed by atoms with Gasteiger partial charge in [0.05, 0.1) is 17.3 Å². The molecule has 1 aromatic heterocycles. The van der Waals surface area contributed by atoms with Crippen LogP contribution in [0.1, 0.15) is 22.4 Å². The Hall–Kier alpha value is -2.50. The summed E-state index contributed by atoms with van der Waals surface area (Å²) < 4.78 is 24.1. The fraction of sp³-hybridized carbons (Fsp3) is 0.261. The lowest BCUT2D eigenvalue weighted by atomic mass is 9.96. The average molecular weight is 396 g/mol. The van der Waals surface area contributed by atoms with Crippen LogP contribution in [-0.4, -0.2) is 30.9 Å². The lowest BCUT2D eigenvalue weighted by Gasteiger charge is -2.11. The molecule has 4 nitrogen and oxygen atoms in total. The van der Waals surface area contributed by atoms with Crippen molar-refractivity contribution in [3.8, 4) is 11.1 Å². The summed E-state index contributed by atoms with van der Waals surface area (Å²) in [5, 5.41) is 8.92. The van der Waals surface area contributed by atoms with Crippen LogP contribution >= 0.6 is 0 Å². The summed E-state index contributed by atoms with van der Waals surface area (Å²) in [5.74, 6) is -0.256. The average Bonchev–Trinajstić information content (AvgIpc) is 2.68. The lowest BCUT2D eigenvalue weighted by molar-refractivity contribution is 0.319. The largest absolute Gasteiger partial charge is 0.395 e. The van der Waals surface area contributed by atoms with Crippen molar-refractivity contribution in [2.24, 2.45) is 0 Å². The quantitative estimate of drug-likeness (QED) is 0.658. The summed E-state index contributed by atoms with van der Waals surface area (Å²) in [4.78, 5) is 4.72. The first-order valence-corrected chi connectivity index (χ1v) is 11.0. The zero-order valence-electron chi connectivity index (χ0n) is 16.2. The highest BCUT2D eigenvalue weighted by molar-refractivity contribution is 7.91. The molecule has 28 heavy (non-hydrogen) atoms. The molecular weight excluding hydrogens is 370 g/mol. The molecule has 0 radical (unpaired) electrons. The van der Waals surface area contributed by atoms with Crippen molar-refractivity contribution in [1.29, 1.82) is 0 Å². The SMILES string of the molecule is Cc1ccc(-c2ccc(S(=O)(=O)CCO)cc2)cc1CCc1ncccc1C. The minimum absolute atomic E-state index is 0.239. The van der Waals surface area contributed by atoms with Gasteiger partial charge in [0.25, 0.3) is 0 Å². The highest BCUT2D eigenvalue weighted by atomic mass is 32.2. The topological polar surface area (TPSA) is 67.3 Å². The van der Waals surface area contributed by atoms with Crippen LogP contribution in [0.25, 0.3) is 11.1 Å². The number of benzene rings is 2. The van der Waals surface area contributed by atoms with Gasteiger partial charge in [-0.05, 0) is 72.7 Å². The number of aryl methyl sites for hydroxylation is 4. The molecule has 5 heteroatoms. The van der Waals surface area contributed by atoms with Crippen LogP contribution in [0.5, 0.6) is 0 Å². The molecule has 0 spiro atoms. The minimum Gasteiger partial charge on any atom is -0.395 e. The Kier molecular flexibility index (Phi) is 6.27. The maximum Gasteiger partial charge on any atom is 0.180 e. The van der Waals surface area contributed by atoms with Crippen molar-refractivity contribution in [1.82, 2.24) is 4.98 Å². The molecule has 0 amide bonds. The van der Waals surface area contributed by atoms with Gasteiger partial charge in [-0.15, -0.1) is 0 Å². The monoisotopic (exact) mass is 395 g/mol. The third-order valence-electron chi connectivity index (χ3n) is 5.00. The first kappa shape index (κ1) is 20.2. The maximum atomic E-state index is 12.1. The highest BCUT2D eigenvalue weighted by Crippen LogP contribution is 2.25. The molecule has 0 aliphatic heterocycles. The van der Waals surface area contributed by atoms with E-state index in [1.807, 2.05) is 24.4 Å². The molecule has 1 heterocycles. The number of aliphatic hydroxyl groups is 1. The van der Waals surface area contributed by atoms with E-state index in [0.717, 1.165) is 29.7 Å². The fourth-order valence-corrected chi connectivity index (χ4v) is 4.27. The molecule has 0 bridgehead atoms. The predicted molar refractivity (Wildman–Crippen MR) is 112 cm³/mol. The van der Waals surface area contributed by atoms with E-state index < -0.39 is 9.84 Å². The first-order chi connectivity index (χ1) is 13.4. The first-order valence-electron chi connectivity index (χ1n) is 9.35. The summed E-state index contributed by atoms with van der Waals surface area (Å²) in [7, 11) is -3.42. The van der Waals surface area contributed by atoms with Gasteiger partial charge in [0.15, 0.2) is 9.84 Å². The van der Waals surface area contributed by atoms with Crippen LogP contribution in [0.2, 0.25) is 0 Å². The van der Waals surface area contributed by atoms with Crippen LogP contribution in [0, 0.1) is 13.8 Å². The van der Waals surface area contributed by atoms with Gasteiger partial charge in [0.2, 0.25) is 0 Å². The molecule has 0 unspecified atom stereocenters. The number of rotatable bonds is 7. The normalized spacial score (nSPS) is 11.5. The third-order valence-corrected chi connectivity index (χ3v) is 6.72. The number of aliphatic hydroxyl groups excluding tert-OH is 1. The lowest BCUT2D eigenvalue weighted by Crippen LogP contribution is -2.09. The number of nitrogens with zero attached hydrogens (tertiary/aromatic N) is 1. The van der Waals surface area contributed by atoms with E-state index >= 15 is 0 Å². The molecule has 0 aliphatic rings. The highest BCUT2D eigenvalue weighted by Gasteiger charge is 2.13. The molecule has 3 rings (SSSR count). The van der Waals surface area contributed by atoms with Gasteiger partial charge < -0.3 is 5.11 Å². The number of pyridine rings is 1. The van der Waals surface area contributed by atoms with E-state index in [-0.39, 0.29) is 17.3 Å². The smallest absolute Gasteiger partial charge is 0.180 e. The van der Waals surface area contributed by atoms with Gasteiger partial charge in [-0.2, -0.15) is 0 Å². The Morgan fingerprint density at radius 1 is 0.893 bits per heavy atom. The summed E-state index contributed by atoms with van der Waals surface area (Å²) in [6.45, 7) is 3.81. The molecule has 0 saturated carbocycles. The van der Waals surface area contributed by atoms with E-state index in [4.69, 9.17) is 5.11 Å². The van der Waals surface area contributed by atoms with Crippen LogP contribution in [0.3, 0.4) is 0 Å². The number of hydrogen-bond donors (Lipinski definition) is 1. The third kappa shape index (κ3) is 4.66. The van der Waals surface area contributed by atoms with Crippen molar-refractivity contribution in [2.45, 2.75) is 31.6 Å². The van der Waals surface area contributed by atoms with Gasteiger partial charge >= 0.3 is 0 Å². The summed E-state index contributed by atoms with van der Waals surface area (Å²) in [6.07, 6.45) is 3.62. The Morgan fingerprint density at radius 3 is 2.29 bits per heavy atom. The molecule has 3 aromatic rings. The zero-order valence-corrected chi connectivity index (χ0v) is 17.0. The predicted octanol–water partition coefficient (Wildman–Crippen LogP) is 3.92. The van der Waals surface area contributed by atoms with Crippen LogP contribution in [-0.2, 0) is 22.7 Å². The molecule has 0 aliphatic carbocycles. The standard InChI is InChI=1S/C23H25NO3S/c1-17-5-6-21(16-20(17)9-12-23-18(2)4-3-13-24-23)19-7-10-22(11-8-19)28(26,27)15-14-25/h3-8,10-11,13,16,25H,9,12,14-15H2,1-2H3. The van der Waals surface area contributed by atoms with E-state index in [2.05, 4.69) is 43.1 Å². The van der Waals surface area contributed by atoms with Crippen LogP contribution < -0.4 is 0 Å². The van der Waals surface area contributed by atoms with E-state index in [1.165, 1.54) is 16.7 Å². The number of hydrogen-bond acceptors (Lipinski definition) is 4. The summed E-state index contributed by atoms with van der Waals surface area (Å²) in [5.41, 5.74) is 6.85. The minimum atomic E-state index is -3.42. The van der Waals surface area contributed by atoms with Crippen molar-refractivity contribution < 1.29 is 13.5 Å². The maximum absolute atomic E-state index is 12.1. The molecule has 0 fully saturated rings. The zero-order chi connectivity index (χ0) is 20.1. The van der Waals surface area contributed by atoms with E-state index in [9.17, 15) is 8.42 Å². The second-order valence-electron chi connectivity index (χ2n) is 6.98. The molecule has 0 atom stereocenters. The van der Waals surface area contributed by atoms with Crippen molar-refractivity contribution in [3.63, 3.8) is 0 Å². The molecule has 1 N–H and O–H groups in total. The second-order valence-corrected chi connectivity index (χ2v) is 9.08. The van der Waals surface area contributed by atoms with Crippen molar-refractivity contribution in [3.05, 3.63) is 83.2 Å². The van der Waals surface area contributed by atoms with Crippen LogP contribution in [0.15, 0.2) is 65.7 Å². The summed E-state index contributed by atoms with van der Waals surface area (Å²) >= 11 is 0. The van der Waals surface area contributed by atoms with Gasteiger partial charge in [-0.25, -0.2) is 8.42 Å². The Bertz CT molecular complexity index is 1060. The fourth-order valence-electron chi connectivity index (χ4n) is 3.25. The number of sulfone groups is 1. The second kappa shape index (κ2) is 8.67. The van der Waals surface area contributed by atoms with Crippen LogP contribution in [0.4, 0.5) is 0 Å². The van der Waals surface area contributed by atoms with Crippen molar-refractivity contribution in [2.75, 3.05) is 12.4 Å². The molecular formula is C23H25NO3S. The van der Waals surface area contributed by atoms with Gasteiger partial charge in [0.1, 0.15) is 0 Å².